The quantitative estimate of drug-likeness (QED) is 0.706. The average Bonchev–Trinajstić information content (AvgIpc) is 2.60. The van der Waals surface area contributed by atoms with Gasteiger partial charge >= 0.3 is 6.18 Å². The highest BCUT2D eigenvalue weighted by molar-refractivity contribution is 5.85. The van der Waals surface area contributed by atoms with Crippen molar-refractivity contribution in [2.24, 2.45) is 11.1 Å². The van der Waals surface area contributed by atoms with Crippen molar-refractivity contribution in [1.29, 1.82) is 0 Å². The van der Waals surface area contributed by atoms with E-state index in [1.165, 1.54) is 6.07 Å². The second-order valence-electron chi connectivity index (χ2n) is 7.89. The Morgan fingerprint density at radius 3 is 2.34 bits per heavy atom. The van der Waals surface area contributed by atoms with Crippen molar-refractivity contribution in [2.75, 3.05) is 26.2 Å². The van der Waals surface area contributed by atoms with Gasteiger partial charge < -0.3 is 10.6 Å². The second-order valence-corrected chi connectivity index (χ2v) is 7.89. The van der Waals surface area contributed by atoms with Crippen molar-refractivity contribution in [1.82, 2.24) is 9.80 Å². The zero-order valence-electron chi connectivity index (χ0n) is 17.3. The van der Waals surface area contributed by atoms with Gasteiger partial charge in [-0.15, -0.1) is 24.8 Å². The molecule has 4 nitrogen and oxygen atoms in total. The van der Waals surface area contributed by atoms with Crippen LogP contribution in [-0.4, -0.2) is 47.9 Å². The predicted molar refractivity (Wildman–Crippen MR) is 115 cm³/mol. The summed E-state index contributed by atoms with van der Waals surface area (Å²) in [7, 11) is 0. The van der Waals surface area contributed by atoms with E-state index in [0.717, 1.165) is 12.1 Å². The maximum Gasteiger partial charge on any atom is 0.416 e. The molecule has 1 aliphatic rings. The number of likely N-dealkylation sites (tertiary alicyclic amines) is 1. The molecule has 1 amide bonds. The van der Waals surface area contributed by atoms with Crippen molar-refractivity contribution in [2.45, 2.75) is 52.4 Å². The number of carbonyl (C=O) groups excluding carboxylic acids is 1. The van der Waals surface area contributed by atoms with Gasteiger partial charge in [0.15, 0.2) is 0 Å². The number of likely N-dealkylation sites (N-methyl/N-ethyl adjacent to an activating group) is 1. The van der Waals surface area contributed by atoms with Crippen molar-refractivity contribution >= 4 is 30.7 Å². The van der Waals surface area contributed by atoms with Crippen molar-refractivity contribution in [3.05, 3.63) is 35.4 Å². The van der Waals surface area contributed by atoms with Crippen LogP contribution in [0.2, 0.25) is 0 Å². The SMILES string of the molecule is CCN(CC)C(C(=O)N1CCC(N)C(C)(C)C1)c1cccc(C(F)(F)F)c1.Cl.Cl. The Labute approximate surface area is 183 Å². The third kappa shape index (κ3) is 6.48. The molecule has 1 heterocycles. The molecule has 29 heavy (non-hydrogen) atoms. The summed E-state index contributed by atoms with van der Waals surface area (Å²) in [5, 5.41) is 0. The van der Waals surface area contributed by atoms with Gasteiger partial charge in [0.05, 0.1) is 5.56 Å². The largest absolute Gasteiger partial charge is 0.416 e. The first kappa shape index (κ1) is 28.0. The van der Waals surface area contributed by atoms with E-state index < -0.39 is 17.8 Å². The standard InChI is InChI=1S/C20H30F3N3O.2ClH/c1-5-25(6-2)17(14-8-7-9-15(12-14)20(21,22)23)18(27)26-11-10-16(24)19(3,4)13-26;;/h7-9,12,16-17H,5-6,10-11,13,24H2,1-4H3;2*1H. The molecule has 1 saturated heterocycles. The smallest absolute Gasteiger partial charge is 0.340 e. The van der Waals surface area contributed by atoms with Crippen molar-refractivity contribution in [3.8, 4) is 0 Å². The van der Waals surface area contributed by atoms with Gasteiger partial charge in [-0.3, -0.25) is 9.69 Å². The lowest BCUT2D eigenvalue weighted by Gasteiger charge is -2.44. The van der Waals surface area contributed by atoms with E-state index in [2.05, 4.69) is 0 Å². The Morgan fingerprint density at radius 2 is 1.86 bits per heavy atom. The number of nitrogens with zero attached hydrogens (tertiary/aromatic N) is 2. The third-order valence-electron chi connectivity index (χ3n) is 5.56. The molecule has 1 fully saturated rings. The predicted octanol–water partition coefficient (Wildman–Crippen LogP) is 4.52. The second kappa shape index (κ2) is 10.8. The molecular formula is C20H32Cl2F3N3O. The topological polar surface area (TPSA) is 49.6 Å². The number of amides is 1. The van der Waals surface area contributed by atoms with E-state index in [1.54, 1.807) is 11.0 Å². The fourth-order valence-electron chi connectivity index (χ4n) is 3.72. The van der Waals surface area contributed by atoms with Gasteiger partial charge in [-0.05, 0) is 42.6 Å². The number of rotatable bonds is 5. The molecule has 0 spiro atoms. The number of hydrogen-bond acceptors (Lipinski definition) is 3. The highest BCUT2D eigenvalue weighted by Gasteiger charge is 2.39. The molecule has 0 aliphatic carbocycles. The molecule has 0 saturated carbocycles. The third-order valence-corrected chi connectivity index (χ3v) is 5.56. The van der Waals surface area contributed by atoms with Crippen LogP contribution < -0.4 is 5.73 Å². The zero-order chi connectivity index (χ0) is 20.4. The van der Waals surface area contributed by atoms with Gasteiger partial charge in [-0.2, -0.15) is 13.2 Å². The van der Waals surface area contributed by atoms with Crippen LogP contribution in [0, 0.1) is 5.41 Å². The monoisotopic (exact) mass is 457 g/mol. The summed E-state index contributed by atoms with van der Waals surface area (Å²) in [4.78, 5) is 17.0. The lowest BCUT2D eigenvalue weighted by molar-refractivity contribution is -0.141. The minimum Gasteiger partial charge on any atom is -0.340 e. The van der Waals surface area contributed by atoms with Gasteiger partial charge in [-0.1, -0.05) is 39.8 Å². The lowest BCUT2D eigenvalue weighted by atomic mass is 9.79. The molecule has 0 radical (unpaired) electrons. The Bertz CT molecular complexity index is 667. The van der Waals surface area contributed by atoms with E-state index in [9.17, 15) is 18.0 Å². The molecule has 0 bridgehead atoms. The van der Waals surface area contributed by atoms with Gasteiger partial charge in [0.25, 0.3) is 0 Å². The first-order chi connectivity index (χ1) is 12.5. The minimum atomic E-state index is -4.44. The molecular weight excluding hydrogens is 426 g/mol. The Hall–Kier alpha value is -1.02. The van der Waals surface area contributed by atoms with E-state index in [0.29, 0.717) is 38.2 Å². The maximum absolute atomic E-state index is 13.4. The van der Waals surface area contributed by atoms with Crippen LogP contribution in [0.1, 0.15) is 51.3 Å². The summed E-state index contributed by atoms with van der Waals surface area (Å²) in [6.07, 6.45) is -3.75. The fraction of sp³-hybridized carbons (Fsp3) is 0.650. The van der Waals surface area contributed by atoms with Gasteiger partial charge in [-0.25, -0.2) is 0 Å². The number of halogens is 5. The number of alkyl halides is 3. The van der Waals surface area contributed by atoms with Crippen molar-refractivity contribution < 1.29 is 18.0 Å². The molecule has 1 aromatic carbocycles. The molecule has 9 heteroatoms. The summed E-state index contributed by atoms with van der Waals surface area (Å²) in [6, 6.07) is 4.39. The number of carbonyl (C=O) groups is 1. The fourth-order valence-corrected chi connectivity index (χ4v) is 3.72. The Balaban J connectivity index is 0.00000392. The number of hydrogen-bond donors (Lipinski definition) is 1. The molecule has 2 atom stereocenters. The Kier molecular flexibility index (Phi) is 10.5. The van der Waals surface area contributed by atoms with Gasteiger partial charge in [0.1, 0.15) is 6.04 Å². The number of piperidine rings is 1. The van der Waals surface area contributed by atoms with Crippen LogP contribution in [0.5, 0.6) is 0 Å². The van der Waals surface area contributed by atoms with Crippen LogP contribution in [0.3, 0.4) is 0 Å². The normalized spacial score (nSPS) is 19.9. The van der Waals surface area contributed by atoms with E-state index in [-0.39, 0.29) is 42.2 Å². The summed E-state index contributed by atoms with van der Waals surface area (Å²) >= 11 is 0. The van der Waals surface area contributed by atoms with E-state index >= 15 is 0 Å². The molecule has 2 N–H and O–H groups in total. The van der Waals surface area contributed by atoms with Crippen LogP contribution in [0.15, 0.2) is 24.3 Å². The number of nitrogens with two attached hydrogens (primary N) is 1. The lowest BCUT2D eigenvalue weighted by Crippen LogP contribution is -2.56. The van der Waals surface area contributed by atoms with Gasteiger partial charge in [0.2, 0.25) is 5.91 Å². The molecule has 0 aromatic heterocycles. The molecule has 1 aromatic rings. The summed E-state index contributed by atoms with van der Waals surface area (Å²) in [5.41, 5.74) is 5.59. The molecule has 1 aliphatic heterocycles. The zero-order valence-corrected chi connectivity index (χ0v) is 19.0. The van der Waals surface area contributed by atoms with Crippen LogP contribution in [-0.2, 0) is 11.0 Å². The highest BCUT2D eigenvalue weighted by Crippen LogP contribution is 2.34. The molecule has 168 valence electrons. The van der Waals surface area contributed by atoms with E-state index in [1.807, 2.05) is 32.6 Å². The highest BCUT2D eigenvalue weighted by atomic mass is 35.5. The molecule has 2 unspecified atom stereocenters. The summed E-state index contributed by atoms with van der Waals surface area (Å²) in [6.45, 7) is 10.0. The van der Waals surface area contributed by atoms with Gasteiger partial charge in [0, 0.05) is 19.1 Å². The van der Waals surface area contributed by atoms with E-state index in [4.69, 9.17) is 5.73 Å². The first-order valence-electron chi connectivity index (χ1n) is 9.46. The Morgan fingerprint density at radius 1 is 1.28 bits per heavy atom. The summed E-state index contributed by atoms with van der Waals surface area (Å²) < 4.78 is 39.5. The van der Waals surface area contributed by atoms with Crippen LogP contribution in [0.4, 0.5) is 13.2 Å². The van der Waals surface area contributed by atoms with Crippen LogP contribution >= 0.6 is 24.8 Å². The maximum atomic E-state index is 13.4. The van der Waals surface area contributed by atoms with Crippen molar-refractivity contribution in [3.63, 3.8) is 0 Å². The summed E-state index contributed by atoms with van der Waals surface area (Å²) in [5.74, 6) is -0.155. The molecule has 2 rings (SSSR count). The first-order valence-corrected chi connectivity index (χ1v) is 9.46. The van der Waals surface area contributed by atoms with Crippen LogP contribution in [0.25, 0.3) is 0 Å². The minimum absolute atomic E-state index is 0. The average molecular weight is 458 g/mol. The number of benzene rings is 1.